The summed E-state index contributed by atoms with van der Waals surface area (Å²) in [4.78, 5) is 23.3. The molecule has 0 aliphatic heterocycles. The Balaban J connectivity index is 1.88. The first-order valence-corrected chi connectivity index (χ1v) is 7.25. The lowest BCUT2D eigenvalue weighted by Crippen LogP contribution is -2.63. The summed E-state index contributed by atoms with van der Waals surface area (Å²) in [6.45, 7) is 6.91. The van der Waals surface area contributed by atoms with Crippen LogP contribution < -0.4 is 0 Å². The van der Waals surface area contributed by atoms with Gasteiger partial charge < -0.3 is 9.47 Å². The maximum absolute atomic E-state index is 11.7. The highest BCUT2D eigenvalue weighted by atomic mass is 16.6. The Hall–Kier alpha value is -1.58. The molecule has 20 heavy (non-hydrogen) atoms. The second-order valence-electron chi connectivity index (χ2n) is 6.36. The van der Waals surface area contributed by atoms with Crippen LogP contribution in [0.3, 0.4) is 0 Å². The number of esters is 2. The monoisotopic (exact) mass is 276 g/mol. The van der Waals surface area contributed by atoms with E-state index < -0.39 is 17.5 Å². The van der Waals surface area contributed by atoms with E-state index >= 15 is 0 Å². The van der Waals surface area contributed by atoms with Crippen molar-refractivity contribution in [2.75, 3.05) is 0 Å². The van der Waals surface area contributed by atoms with Crippen molar-refractivity contribution in [3.05, 3.63) is 25.3 Å². The summed E-state index contributed by atoms with van der Waals surface area (Å²) in [6.07, 6.45) is 6.98. The van der Waals surface area contributed by atoms with Gasteiger partial charge in [-0.1, -0.05) is 13.2 Å². The molecule has 0 aromatic heterocycles. The zero-order valence-corrected chi connectivity index (χ0v) is 11.5. The third-order valence-electron chi connectivity index (χ3n) is 5.03. The van der Waals surface area contributed by atoms with E-state index in [1.54, 1.807) is 0 Å². The zero-order valence-electron chi connectivity index (χ0n) is 11.5. The summed E-state index contributed by atoms with van der Waals surface area (Å²) in [7, 11) is 0. The number of carbonyl (C=O) groups excluding carboxylic acids is 2. The summed E-state index contributed by atoms with van der Waals surface area (Å²) in [5, 5.41) is 0. The van der Waals surface area contributed by atoms with Gasteiger partial charge in [0.25, 0.3) is 0 Å². The van der Waals surface area contributed by atoms with Crippen LogP contribution in [-0.2, 0) is 19.1 Å². The Labute approximate surface area is 118 Å². The first kappa shape index (κ1) is 13.4. The second-order valence-corrected chi connectivity index (χ2v) is 6.36. The van der Waals surface area contributed by atoms with E-state index in [1.165, 1.54) is 18.6 Å². The highest BCUT2D eigenvalue weighted by molar-refractivity contribution is 5.82. The Kier molecular flexibility index (Phi) is 3.19. The van der Waals surface area contributed by atoms with Crippen LogP contribution in [0.15, 0.2) is 25.3 Å². The maximum atomic E-state index is 11.7. The molecule has 4 saturated carbocycles. The van der Waals surface area contributed by atoms with Crippen molar-refractivity contribution in [2.24, 2.45) is 17.8 Å². The van der Waals surface area contributed by atoms with Gasteiger partial charge in [-0.2, -0.15) is 0 Å². The van der Waals surface area contributed by atoms with Gasteiger partial charge >= 0.3 is 11.9 Å². The molecule has 4 fully saturated rings. The maximum Gasteiger partial charge on any atom is 0.330 e. The second kappa shape index (κ2) is 4.76. The Morgan fingerprint density at radius 1 is 1.00 bits per heavy atom. The minimum atomic E-state index is -0.640. The number of hydrogen-bond acceptors (Lipinski definition) is 4. The van der Waals surface area contributed by atoms with Crippen LogP contribution in [0.25, 0.3) is 0 Å². The smallest absolute Gasteiger partial charge is 0.330 e. The average Bonchev–Trinajstić information content (AvgIpc) is 2.41. The minimum Gasteiger partial charge on any atom is -0.455 e. The standard InChI is InChI=1S/C16H20O4/c1-3-13(17)19-15-12-6-10-5-11(7-12)9-16(15,8-10)20-14(18)4-2/h3-4,10-12,15H,1-2,5-9H2. The molecule has 4 aliphatic carbocycles. The van der Waals surface area contributed by atoms with E-state index in [0.29, 0.717) is 17.8 Å². The molecule has 108 valence electrons. The predicted molar refractivity (Wildman–Crippen MR) is 72.7 cm³/mol. The molecule has 0 aromatic carbocycles. The van der Waals surface area contributed by atoms with Crippen molar-refractivity contribution in [1.29, 1.82) is 0 Å². The molecule has 0 aromatic rings. The number of carbonyl (C=O) groups is 2. The van der Waals surface area contributed by atoms with Gasteiger partial charge in [-0.15, -0.1) is 0 Å². The third-order valence-corrected chi connectivity index (χ3v) is 5.03. The molecule has 4 bridgehead atoms. The number of rotatable bonds is 4. The van der Waals surface area contributed by atoms with Crippen molar-refractivity contribution in [2.45, 2.75) is 43.8 Å². The van der Waals surface area contributed by atoms with Crippen LogP contribution in [0.5, 0.6) is 0 Å². The minimum absolute atomic E-state index is 0.308. The molecule has 0 N–H and O–H groups in total. The van der Waals surface area contributed by atoms with Gasteiger partial charge in [-0.05, 0) is 43.9 Å². The van der Waals surface area contributed by atoms with Crippen LogP contribution >= 0.6 is 0 Å². The van der Waals surface area contributed by atoms with Crippen molar-refractivity contribution >= 4 is 11.9 Å². The summed E-state index contributed by atoms with van der Waals surface area (Å²) in [6, 6.07) is 0. The van der Waals surface area contributed by atoms with Gasteiger partial charge in [0, 0.05) is 18.1 Å². The van der Waals surface area contributed by atoms with E-state index in [2.05, 4.69) is 13.2 Å². The van der Waals surface area contributed by atoms with Gasteiger partial charge in [0.05, 0.1) is 0 Å². The SMILES string of the molecule is C=CC(=O)OC1C2CC3CC(C2)CC1(OC(=O)C=C)C3. The molecule has 0 spiro atoms. The number of ether oxygens (including phenoxy) is 2. The van der Waals surface area contributed by atoms with Crippen molar-refractivity contribution in [1.82, 2.24) is 0 Å². The van der Waals surface area contributed by atoms with E-state index in [1.807, 2.05) is 0 Å². The molecule has 3 atom stereocenters. The topological polar surface area (TPSA) is 52.6 Å². The van der Waals surface area contributed by atoms with E-state index in [0.717, 1.165) is 25.7 Å². The van der Waals surface area contributed by atoms with Gasteiger partial charge in [0.15, 0.2) is 0 Å². The summed E-state index contributed by atoms with van der Waals surface area (Å²) in [5.41, 5.74) is -0.640. The van der Waals surface area contributed by atoms with E-state index in [4.69, 9.17) is 9.47 Å². The fraction of sp³-hybridized carbons (Fsp3) is 0.625. The van der Waals surface area contributed by atoms with Crippen LogP contribution in [0.2, 0.25) is 0 Å². The highest BCUT2D eigenvalue weighted by Gasteiger charge is 2.61. The summed E-state index contributed by atoms with van der Waals surface area (Å²) >= 11 is 0. The molecule has 4 nitrogen and oxygen atoms in total. The van der Waals surface area contributed by atoms with Crippen molar-refractivity contribution < 1.29 is 19.1 Å². The molecule has 0 radical (unpaired) electrons. The van der Waals surface area contributed by atoms with Crippen LogP contribution in [0.4, 0.5) is 0 Å². The Morgan fingerprint density at radius 3 is 2.15 bits per heavy atom. The molecule has 0 heterocycles. The first-order valence-electron chi connectivity index (χ1n) is 7.25. The third kappa shape index (κ3) is 2.07. The van der Waals surface area contributed by atoms with E-state index in [-0.39, 0.29) is 6.10 Å². The van der Waals surface area contributed by atoms with Crippen LogP contribution in [0, 0.1) is 17.8 Å². The normalized spacial score (nSPS) is 41.0. The fourth-order valence-corrected chi connectivity index (χ4v) is 4.68. The quantitative estimate of drug-likeness (QED) is 0.584. The lowest BCUT2D eigenvalue weighted by Gasteiger charge is -2.58. The molecular weight excluding hydrogens is 256 g/mol. The lowest BCUT2D eigenvalue weighted by molar-refractivity contribution is -0.233. The molecule has 0 amide bonds. The largest absolute Gasteiger partial charge is 0.455 e. The van der Waals surface area contributed by atoms with Crippen LogP contribution in [0.1, 0.15) is 32.1 Å². The van der Waals surface area contributed by atoms with Gasteiger partial charge in [-0.25, -0.2) is 9.59 Å². The summed E-state index contributed by atoms with van der Waals surface area (Å²) in [5.74, 6) is 0.624. The summed E-state index contributed by atoms with van der Waals surface area (Å²) < 4.78 is 11.2. The average molecular weight is 276 g/mol. The van der Waals surface area contributed by atoms with Crippen LogP contribution in [-0.4, -0.2) is 23.6 Å². The lowest BCUT2D eigenvalue weighted by atomic mass is 9.52. The highest BCUT2D eigenvalue weighted by Crippen LogP contribution is 2.58. The first-order chi connectivity index (χ1) is 9.56. The molecule has 4 heteroatoms. The van der Waals surface area contributed by atoms with E-state index in [9.17, 15) is 9.59 Å². The zero-order chi connectivity index (χ0) is 14.3. The van der Waals surface area contributed by atoms with Crippen molar-refractivity contribution in [3.8, 4) is 0 Å². The van der Waals surface area contributed by atoms with Gasteiger partial charge in [0.2, 0.25) is 0 Å². The number of hydrogen-bond donors (Lipinski definition) is 0. The predicted octanol–water partition coefficient (Wildman–Crippen LogP) is 2.39. The molecule has 4 aliphatic rings. The van der Waals surface area contributed by atoms with Gasteiger partial charge in [-0.3, -0.25) is 0 Å². The molecule has 4 rings (SSSR count). The molecular formula is C16H20O4. The Morgan fingerprint density at radius 2 is 1.60 bits per heavy atom. The van der Waals surface area contributed by atoms with Gasteiger partial charge in [0.1, 0.15) is 11.7 Å². The fourth-order valence-electron chi connectivity index (χ4n) is 4.68. The van der Waals surface area contributed by atoms with Crippen molar-refractivity contribution in [3.63, 3.8) is 0 Å². The molecule has 3 unspecified atom stereocenters. The Bertz CT molecular complexity index is 453. The molecule has 0 saturated heterocycles.